The monoisotopic (exact) mass is 379 g/mol. The molecule has 0 aliphatic heterocycles. The second-order valence-electron chi connectivity index (χ2n) is 7.66. The average Bonchev–Trinajstić information content (AvgIpc) is 2.83. The summed E-state index contributed by atoms with van der Waals surface area (Å²) < 4.78 is 5.57. The third kappa shape index (κ3) is 3.61. The SMILES string of the molecule is O=C(N[C@H]1CCCCC[C@H]1C(=O)O)OCC1c2ccccc2-c2ccccc21. The maximum atomic E-state index is 12.4. The van der Waals surface area contributed by atoms with Crippen LogP contribution in [0.2, 0.25) is 0 Å². The van der Waals surface area contributed by atoms with Crippen LogP contribution < -0.4 is 5.32 Å². The van der Waals surface area contributed by atoms with Crippen LogP contribution in [0.1, 0.15) is 49.1 Å². The fraction of sp³-hybridized carbons (Fsp3) is 0.391. The standard InChI is InChI=1S/C23H25NO4/c25-22(26)19-12-2-1-3-13-21(19)24-23(27)28-14-20-17-10-6-4-8-15(17)16-9-5-7-11-18(16)20/h4-11,19-21H,1-3,12-14H2,(H,24,27)(H,25,26)/t19-,21+/m1/s1. The lowest BCUT2D eigenvalue weighted by Gasteiger charge is -2.23. The van der Waals surface area contributed by atoms with Crippen molar-refractivity contribution in [3.8, 4) is 11.1 Å². The molecule has 0 saturated heterocycles. The van der Waals surface area contributed by atoms with Gasteiger partial charge in [-0.2, -0.15) is 0 Å². The van der Waals surface area contributed by atoms with E-state index in [1.165, 1.54) is 11.1 Å². The van der Waals surface area contributed by atoms with Gasteiger partial charge in [0.1, 0.15) is 6.61 Å². The van der Waals surface area contributed by atoms with Gasteiger partial charge in [0.2, 0.25) is 0 Å². The molecule has 2 aliphatic carbocycles. The van der Waals surface area contributed by atoms with E-state index >= 15 is 0 Å². The number of carboxylic acid groups (broad SMARTS) is 1. The van der Waals surface area contributed by atoms with Crippen LogP contribution in [0.3, 0.4) is 0 Å². The predicted molar refractivity (Wildman–Crippen MR) is 106 cm³/mol. The van der Waals surface area contributed by atoms with Gasteiger partial charge in [-0.15, -0.1) is 0 Å². The van der Waals surface area contributed by atoms with Crippen LogP contribution in [0, 0.1) is 5.92 Å². The number of aliphatic carboxylic acids is 1. The molecule has 28 heavy (non-hydrogen) atoms. The summed E-state index contributed by atoms with van der Waals surface area (Å²) >= 11 is 0. The number of fused-ring (bicyclic) bond motifs is 3. The molecule has 0 heterocycles. The van der Waals surface area contributed by atoms with E-state index in [9.17, 15) is 14.7 Å². The van der Waals surface area contributed by atoms with Gasteiger partial charge in [-0.3, -0.25) is 4.79 Å². The van der Waals surface area contributed by atoms with Crippen molar-refractivity contribution in [1.29, 1.82) is 0 Å². The van der Waals surface area contributed by atoms with E-state index in [1.54, 1.807) is 0 Å². The lowest BCUT2D eigenvalue weighted by molar-refractivity contribution is -0.142. The van der Waals surface area contributed by atoms with Crippen molar-refractivity contribution < 1.29 is 19.4 Å². The summed E-state index contributed by atoms with van der Waals surface area (Å²) in [6.07, 6.45) is 3.58. The number of carbonyl (C=O) groups excluding carboxylic acids is 1. The lowest BCUT2D eigenvalue weighted by atomic mass is 9.95. The number of ether oxygens (including phenoxy) is 1. The third-order valence-electron chi connectivity index (χ3n) is 5.98. The van der Waals surface area contributed by atoms with Crippen LogP contribution in [-0.4, -0.2) is 29.8 Å². The normalized spacial score (nSPS) is 21.3. The molecule has 0 bridgehead atoms. The molecule has 0 spiro atoms. The van der Waals surface area contributed by atoms with E-state index in [4.69, 9.17) is 4.74 Å². The maximum Gasteiger partial charge on any atom is 0.407 e. The number of hydrogen-bond acceptors (Lipinski definition) is 3. The minimum absolute atomic E-state index is 0.00237. The average molecular weight is 379 g/mol. The molecule has 4 rings (SSSR count). The first-order valence-electron chi connectivity index (χ1n) is 9.99. The summed E-state index contributed by atoms with van der Waals surface area (Å²) in [6, 6.07) is 16.0. The van der Waals surface area contributed by atoms with Crippen molar-refractivity contribution in [2.75, 3.05) is 6.61 Å². The van der Waals surface area contributed by atoms with Gasteiger partial charge in [-0.25, -0.2) is 4.79 Å². The number of carboxylic acids is 1. The maximum absolute atomic E-state index is 12.4. The zero-order chi connectivity index (χ0) is 19.5. The van der Waals surface area contributed by atoms with Crippen molar-refractivity contribution in [3.63, 3.8) is 0 Å². The smallest absolute Gasteiger partial charge is 0.407 e. The van der Waals surface area contributed by atoms with Gasteiger partial charge in [-0.05, 0) is 35.1 Å². The molecule has 2 aromatic carbocycles. The molecule has 0 unspecified atom stereocenters. The Morgan fingerprint density at radius 2 is 1.54 bits per heavy atom. The van der Waals surface area contributed by atoms with Crippen LogP contribution in [-0.2, 0) is 9.53 Å². The lowest BCUT2D eigenvalue weighted by Crippen LogP contribution is -2.43. The van der Waals surface area contributed by atoms with E-state index in [-0.39, 0.29) is 18.6 Å². The topological polar surface area (TPSA) is 75.6 Å². The molecule has 146 valence electrons. The second-order valence-corrected chi connectivity index (χ2v) is 7.66. The number of hydrogen-bond donors (Lipinski definition) is 2. The van der Waals surface area contributed by atoms with Crippen molar-refractivity contribution in [2.24, 2.45) is 5.92 Å². The molecule has 2 aliphatic rings. The molecule has 1 saturated carbocycles. The van der Waals surface area contributed by atoms with Gasteiger partial charge in [0.25, 0.3) is 0 Å². The number of rotatable bonds is 4. The molecule has 2 aromatic rings. The van der Waals surface area contributed by atoms with Crippen LogP contribution in [0.25, 0.3) is 11.1 Å². The zero-order valence-corrected chi connectivity index (χ0v) is 15.8. The molecule has 0 aromatic heterocycles. The quantitative estimate of drug-likeness (QED) is 0.764. The van der Waals surface area contributed by atoms with Gasteiger partial charge in [0.05, 0.1) is 5.92 Å². The van der Waals surface area contributed by atoms with E-state index in [1.807, 2.05) is 24.3 Å². The van der Waals surface area contributed by atoms with Gasteiger partial charge in [-0.1, -0.05) is 67.8 Å². The van der Waals surface area contributed by atoms with Crippen LogP contribution >= 0.6 is 0 Å². The fourth-order valence-electron chi connectivity index (χ4n) is 4.57. The number of amides is 1. The fourth-order valence-corrected chi connectivity index (χ4v) is 4.57. The van der Waals surface area contributed by atoms with Crippen LogP contribution in [0.5, 0.6) is 0 Å². The Labute approximate surface area is 164 Å². The van der Waals surface area contributed by atoms with Gasteiger partial charge < -0.3 is 15.2 Å². The number of benzene rings is 2. The largest absolute Gasteiger partial charge is 0.481 e. The Morgan fingerprint density at radius 1 is 0.929 bits per heavy atom. The van der Waals surface area contributed by atoms with Crippen molar-refractivity contribution in [3.05, 3.63) is 59.7 Å². The van der Waals surface area contributed by atoms with Crippen molar-refractivity contribution in [1.82, 2.24) is 5.32 Å². The Kier molecular flexibility index (Phi) is 5.33. The Bertz CT molecular complexity index is 833. The highest BCUT2D eigenvalue weighted by atomic mass is 16.5. The number of alkyl carbamates (subject to hydrolysis) is 1. The highest BCUT2D eigenvalue weighted by molar-refractivity contribution is 5.79. The molecular formula is C23H25NO4. The Balaban J connectivity index is 1.44. The second kappa shape index (κ2) is 8.05. The minimum Gasteiger partial charge on any atom is -0.481 e. The number of nitrogens with one attached hydrogen (secondary N) is 1. The molecule has 5 heteroatoms. The van der Waals surface area contributed by atoms with Crippen molar-refractivity contribution >= 4 is 12.1 Å². The summed E-state index contributed by atoms with van der Waals surface area (Å²) in [6.45, 7) is 0.240. The first-order valence-corrected chi connectivity index (χ1v) is 9.99. The summed E-state index contributed by atoms with van der Waals surface area (Å²) in [7, 11) is 0. The molecule has 2 atom stereocenters. The summed E-state index contributed by atoms with van der Waals surface area (Å²) in [4.78, 5) is 24.0. The molecule has 2 N–H and O–H groups in total. The van der Waals surface area contributed by atoms with Gasteiger partial charge in [0.15, 0.2) is 0 Å². The molecule has 1 amide bonds. The molecule has 5 nitrogen and oxygen atoms in total. The van der Waals surface area contributed by atoms with E-state index in [0.717, 1.165) is 30.4 Å². The van der Waals surface area contributed by atoms with Gasteiger partial charge in [0, 0.05) is 12.0 Å². The highest BCUT2D eigenvalue weighted by Crippen LogP contribution is 2.44. The predicted octanol–water partition coefficient (Wildman–Crippen LogP) is 4.56. The summed E-state index contributed by atoms with van der Waals surface area (Å²) in [5, 5.41) is 12.3. The number of carbonyl (C=O) groups is 2. The molecular weight excluding hydrogens is 354 g/mol. The van der Waals surface area contributed by atoms with E-state index in [2.05, 4.69) is 29.6 Å². The van der Waals surface area contributed by atoms with Gasteiger partial charge >= 0.3 is 12.1 Å². The summed E-state index contributed by atoms with van der Waals surface area (Å²) in [5.41, 5.74) is 4.69. The first kappa shape index (κ1) is 18.5. The first-order chi connectivity index (χ1) is 13.6. The zero-order valence-electron chi connectivity index (χ0n) is 15.8. The highest BCUT2D eigenvalue weighted by Gasteiger charge is 2.32. The van der Waals surface area contributed by atoms with E-state index < -0.39 is 18.0 Å². The van der Waals surface area contributed by atoms with E-state index in [0.29, 0.717) is 12.8 Å². The minimum atomic E-state index is -0.842. The van der Waals surface area contributed by atoms with Crippen LogP contribution in [0.4, 0.5) is 4.79 Å². The molecule has 1 fully saturated rings. The molecule has 0 radical (unpaired) electrons. The Morgan fingerprint density at radius 3 is 2.18 bits per heavy atom. The third-order valence-corrected chi connectivity index (χ3v) is 5.98. The Hall–Kier alpha value is -2.82. The van der Waals surface area contributed by atoms with Crippen molar-refractivity contribution in [2.45, 2.75) is 44.1 Å². The summed E-state index contributed by atoms with van der Waals surface area (Å²) in [5.74, 6) is -1.38. The van der Waals surface area contributed by atoms with Crippen LogP contribution in [0.15, 0.2) is 48.5 Å².